The highest BCUT2D eigenvalue weighted by molar-refractivity contribution is 5.77. The summed E-state index contributed by atoms with van der Waals surface area (Å²) in [6, 6.07) is 19.9. The van der Waals surface area contributed by atoms with Gasteiger partial charge in [-0.25, -0.2) is 0 Å². The van der Waals surface area contributed by atoms with Gasteiger partial charge in [0.1, 0.15) is 0 Å². The number of carbonyl (C=O) groups excluding carboxylic acids is 1. The number of carbonyl (C=O) groups is 1. The van der Waals surface area contributed by atoms with Crippen LogP contribution in [0.25, 0.3) is 0 Å². The number of fused-ring (bicyclic) bond motifs is 1. The van der Waals surface area contributed by atoms with Crippen molar-refractivity contribution in [2.24, 2.45) is 0 Å². The van der Waals surface area contributed by atoms with Crippen LogP contribution in [0.3, 0.4) is 0 Å². The topological polar surface area (TPSA) is 60.5 Å². The standard InChI is InChI=1S/C23H22N2O3/c26-23(25-13-10-17-8-11-24-12-9-17)15-20(18-4-2-1-3-5-18)19-6-7-21-22(14-19)28-16-27-21/h1-9,11-12,14,20H,10,13,15-16H2,(H,25,26). The van der Waals surface area contributed by atoms with Crippen LogP contribution in [0.1, 0.15) is 29.0 Å². The van der Waals surface area contributed by atoms with Crippen LogP contribution in [0.5, 0.6) is 11.5 Å². The summed E-state index contributed by atoms with van der Waals surface area (Å²) in [7, 11) is 0. The van der Waals surface area contributed by atoms with E-state index in [2.05, 4.69) is 22.4 Å². The monoisotopic (exact) mass is 374 g/mol. The molecule has 1 atom stereocenters. The van der Waals surface area contributed by atoms with Gasteiger partial charge in [-0.2, -0.15) is 0 Å². The first-order valence-corrected chi connectivity index (χ1v) is 9.40. The van der Waals surface area contributed by atoms with E-state index in [1.165, 1.54) is 0 Å². The maximum absolute atomic E-state index is 12.6. The first kappa shape index (κ1) is 18.0. The number of ether oxygens (including phenoxy) is 2. The number of rotatable bonds is 7. The van der Waals surface area contributed by atoms with Gasteiger partial charge in [-0.3, -0.25) is 9.78 Å². The Morgan fingerprint density at radius 1 is 0.964 bits per heavy atom. The van der Waals surface area contributed by atoms with Gasteiger partial charge in [0.15, 0.2) is 11.5 Å². The fraction of sp³-hybridized carbons (Fsp3) is 0.217. The van der Waals surface area contributed by atoms with Crippen molar-refractivity contribution in [1.29, 1.82) is 0 Å². The molecule has 1 aliphatic heterocycles. The second-order valence-electron chi connectivity index (χ2n) is 6.74. The average Bonchev–Trinajstić information content (AvgIpc) is 3.21. The largest absolute Gasteiger partial charge is 0.454 e. The molecule has 28 heavy (non-hydrogen) atoms. The van der Waals surface area contributed by atoms with Crippen molar-refractivity contribution in [2.45, 2.75) is 18.8 Å². The summed E-state index contributed by atoms with van der Waals surface area (Å²) in [5.41, 5.74) is 3.30. The molecule has 3 aromatic rings. The minimum atomic E-state index is -0.0448. The predicted octanol–water partition coefficient (Wildman–Crippen LogP) is 3.69. The van der Waals surface area contributed by atoms with E-state index in [-0.39, 0.29) is 18.6 Å². The van der Waals surface area contributed by atoms with Crippen LogP contribution in [0.15, 0.2) is 73.1 Å². The number of nitrogens with zero attached hydrogens (tertiary/aromatic N) is 1. The molecule has 1 unspecified atom stereocenters. The Balaban J connectivity index is 1.46. The Bertz CT molecular complexity index is 929. The van der Waals surface area contributed by atoms with Gasteiger partial charge < -0.3 is 14.8 Å². The van der Waals surface area contributed by atoms with Crippen molar-refractivity contribution in [2.75, 3.05) is 13.3 Å². The smallest absolute Gasteiger partial charge is 0.231 e. The Morgan fingerprint density at radius 2 is 1.75 bits per heavy atom. The Labute approximate surface area is 164 Å². The number of benzene rings is 2. The molecule has 0 spiro atoms. The van der Waals surface area contributed by atoms with E-state index in [4.69, 9.17) is 9.47 Å². The highest BCUT2D eigenvalue weighted by atomic mass is 16.7. The maximum Gasteiger partial charge on any atom is 0.231 e. The molecule has 0 fully saturated rings. The number of pyridine rings is 1. The van der Waals surface area contributed by atoms with Gasteiger partial charge in [0.25, 0.3) is 0 Å². The van der Waals surface area contributed by atoms with Gasteiger partial charge in [-0.05, 0) is 47.4 Å². The molecule has 0 saturated carbocycles. The van der Waals surface area contributed by atoms with Gasteiger partial charge in [0, 0.05) is 31.3 Å². The molecule has 0 aliphatic carbocycles. The maximum atomic E-state index is 12.6. The van der Waals surface area contributed by atoms with Crippen LogP contribution in [0.2, 0.25) is 0 Å². The van der Waals surface area contributed by atoms with Gasteiger partial charge in [-0.1, -0.05) is 36.4 Å². The van der Waals surface area contributed by atoms with Crippen molar-refractivity contribution < 1.29 is 14.3 Å². The molecule has 4 rings (SSSR count). The normalized spacial score (nSPS) is 13.1. The third-order valence-electron chi connectivity index (χ3n) is 4.88. The molecule has 1 aliphatic rings. The Hall–Kier alpha value is -3.34. The number of hydrogen-bond acceptors (Lipinski definition) is 4. The minimum Gasteiger partial charge on any atom is -0.454 e. The van der Waals surface area contributed by atoms with E-state index < -0.39 is 0 Å². The van der Waals surface area contributed by atoms with Crippen molar-refractivity contribution in [1.82, 2.24) is 10.3 Å². The average molecular weight is 374 g/mol. The second kappa shape index (κ2) is 8.57. The number of hydrogen-bond donors (Lipinski definition) is 1. The predicted molar refractivity (Wildman–Crippen MR) is 106 cm³/mol. The first-order chi connectivity index (χ1) is 13.8. The molecule has 2 aromatic carbocycles. The van der Waals surface area contributed by atoms with E-state index in [0.29, 0.717) is 13.0 Å². The lowest BCUT2D eigenvalue weighted by Crippen LogP contribution is -2.27. The van der Waals surface area contributed by atoms with E-state index >= 15 is 0 Å². The SMILES string of the molecule is O=C(CC(c1ccccc1)c1ccc2c(c1)OCO2)NCCc1ccncc1. The van der Waals surface area contributed by atoms with E-state index in [1.807, 2.05) is 48.5 Å². The van der Waals surface area contributed by atoms with Crippen molar-refractivity contribution >= 4 is 5.91 Å². The van der Waals surface area contributed by atoms with Crippen LogP contribution in [-0.4, -0.2) is 24.2 Å². The Morgan fingerprint density at radius 3 is 2.57 bits per heavy atom. The number of nitrogens with one attached hydrogen (secondary N) is 1. The van der Waals surface area contributed by atoms with Crippen molar-refractivity contribution in [3.8, 4) is 11.5 Å². The van der Waals surface area contributed by atoms with Crippen LogP contribution >= 0.6 is 0 Å². The lowest BCUT2D eigenvalue weighted by Gasteiger charge is -2.18. The van der Waals surface area contributed by atoms with Gasteiger partial charge in [0.05, 0.1) is 0 Å². The van der Waals surface area contributed by atoms with Crippen molar-refractivity contribution in [3.05, 3.63) is 89.7 Å². The summed E-state index contributed by atoms with van der Waals surface area (Å²) >= 11 is 0. The van der Waals surface area contributed by atoms with Gasteiger partial charge in [0.2, 0.25) is 12.7 Å². The molecule has 1 N–H and O–H groups in total. The fourth-order valence-electron chi connectivity index (χ4n) is 3.40. The highest BCUT2D eigenvalue weighted by Gasteiger charge is 2.21. The summed E-state index contributed by atoms with van der Waals surface area (Å²) in [5, 5.41) is 3.04. The summed E-state index contributed by atoms with van der Waals surface area (Å²) in [6.45, 7) is 0.843. The lowest BCUT2D eigenvalue weighted by atomic mass is 9.88. The van der Waals surface area contributed by atoms with Gasteiger partial charge in [-0.15, -0.1) is 0 Å². The molecular weight excluding hydrogens is 352 g/mol. The van der Waals surface area contributed by atoms with Crippen LogP contribution < -0.4 is 14.8 Å². The molecule has 1 amide bonds. The highest BCUT2D eigenvalue weighted by Crippen LogP contribution is 2.37. The molecule has 0 radical (unpaired) electrons. The molecule has 2 heterocycles. The third kappa shape index (κ3) is 4.31. The molecule has 142 valence electrons. The zero-order valence-corrected chi connectivity index (χ0v) is 15.5. The number of amides is 1. The second-order valence-corrected chi connectivity index (χ2v) is 6.74. The quantitative estimate of drug-likeness (QED) is 0.685. The van der Waals surface area contributed by atoms with E-state index in [9.17, 15) is 4.79 Å². The zero-order valence-electron chi connectivity index (χ0n) is 15.5. The van der Waals surface area contributed by atoms with Crippen LogP contribution in [-0.2, 0) is 11.2 Å². The molecule has 0 bridgehead atoms. The molecule has 1 aromatic heterocycles. The van der Waals surface area contributed by atoms with Crippen LogP contribution in [0.4, 0.5) is 0 Å². The minimum absolute atomic E-state index is 0.0283. The zero-order chi connectivity index (χ0) is 19.2. The summed E-state index contributed by atoms with van der Waals surface area (Å²) in [4.78, 5) is 16.7. The van der Waals surface area contributed by atoms with Gasteiger partial charge >= 0.3 is 0 Å². The van der Waals surface area contributed by atoms with E-state index in [0.717, 1.165) is 34.6 Å². The number of aromatic nitrogens is 1. The first-order valence-electron chi connectivity index (χ1n) is 9.40. The van der Waals surface area contributed by atoms with E-state index in [1.54, 1.807) is 12.4 Å². The Kier molecular flexibility index (Phi) is 5.52. The van der Waals surface area contributed by atoms with Crippen molar-refractivity contribution in [3.63, 3.8) is 0 Å². The van der Waals surface area contributed by atoms with Crippen LogP contribution in [0, 0.1) is 0 Å². The summed E-state index contributed by atoms with van der Waals surface area (Å²) in [5.74, 6) is 1.46. The third-order valence-corrected chi connectivity index (χ3v) is 4.88. The summed E-state index contributed by atoms with van der Waals surface area (Å²) < 4.78 is 10.9. The molecule has 5 nitrogen and oxygen atoms in total. The lowest BCUT2D eigenvalue weighted by molar-refractivity contribution is -0.121. The molecular formula is C23H22N2O3. The fourth-order valence-corrected chi connectivity index (χ4v) is 3.40. The summed E-state index contributed by atoms with van der Waals surface area (Å²) in [6.07, 6.45) is 4.69. The molecule has 0 saturated heterocycles. The molecule has 5 heteroatoms.